The molecule has 4 aromatic rings. The maximum atomic E-state index is 13.1. The third-order valence-corrected chi connectivity index (χ3v) is 7.09. The molecular formula is C26H28N6O3S. The number of aliphatic hydroxyl groups is 2. The van der Waals surface area contributed by atoms with E-state index in [1.54, 1.807) is 17.5 Å². The van der Waals surface area contributed by atoms with Crippen LogP contribution in [0.3, 0.4) is 0 Å². The molecule has 186 valence electrons. The second kappa shape index (κ2) is 10.6. The number of aryl methyl sites for hydroxylation is 1. The molecule has 1 aliphatic heterocycles. The van der Waals surface area contributed by atoms with Gasteiger partial charge in [0.2, 0.25) is 5.95 Å². The van der Waals surface area contributed by atoms with Crippen molar-refractivity contribution in [1.29, 1.82) is 0 Å². The van der Waals surface area contributed by atoms with E-state index in [4.69, 9.17) is 10.1 Å². The van der Waals surface area contributed by atoms with Gasteiger partial charge in [-0.05, 0) is 25.1 Å². The lowest BCUT2D eigenvalue weighted by molar-refractivity contribution is 0.0746. The van der Waals surface area contributed by atoms with Gasteiger partial charge in [0.05, 0.1) is 29.4 Å². The first-order chi connectivity index (χ1) is 17.5. The fraction of sp³-hybridized carbons (Fsp3) is 0.308. The molecule has 9 nitrogen and oxygen atoms in total. The van der Waals surface area contributed by atoms with Crippen LogP contribution in [0.25, 0.3) is 21.5 Å². The lowest BCUT2D eigenvalue weighted by atomic mass is 10.1. The van der Waals surface area contributed by atoms with Gasteiger partial charge in [-0.2, -0.15) is 4.98 Å². The van der Waals surface area contributed by atoms with E-state index in [9.17, 15) is 9.90 Å². The van der Waals surface area contributed by atoms with E-state index >= 15 is 0 Å². The monoisotopic (exact) mass is 504 g/mol. The summed E-state index contributed by atoms with van der Waals surface area (Å²) in [6.45, 7) is 4.28. The van der Waals surface area contributed by atoms with E-state index < -0.39 is 6.10 Å². The van der Waals surface area contributed by atoms with Crippen molar-refractivity contribution in [3.05, 3.63) is 65.2 Å². The molecule has 0 spiro atoms. The number of rotatable bonds is 7. The predicted octanol–water partition coefficient (Wildman–Crippen LogP) is 2.79. The lowest BCUT2D eigenvalue weighted by Gasteiger charge is -2.35. The molecule has 0 radical (unpaired) electrons. The second-order valence-electron chi connectivity index (χ2n) is 8.74. The number of pyridine rings is 1. The number of carbonyl (C=O) groups excluding carboxylic acids is 1. The molecule has 4 heterocycles. The average Bonchev–Trinajstić information content (AvgIpc) is 3.31. The summed E-state index contributed by atoms with van der Waals surface area (Å²) in [7, 11) is 0. The number of anilines is 2. The standard InChI is InChI=1S/C26H28N6O3S/c1-17-13-21-23(29-26(30-24(21)36-17)28-15-20(34)16-33)31-9-11-32(12-10-31)25(35)19-7-8-22(27-14-19)18-5-3-2-4-6-18/h2-8,13-14,20,33-34H,9-12,15-16H2,1H3,(H,28,29,30)/t20-/m0/s1. The molecule has 1 fully saturated rings. The molecule has 1 atom stereocenters. The Hall–Kier alpha value is -3.60. The van der Waals surface area contributed by atoms with Gasteiger partial charge in [0.25, 0.3) is 5.91 Å². The maximum absolute atomic E-state index is 13.1. The normalized spacial score (nSPS) is 14.8. The summed E-state index contributed by atoms with van der Waals surface area (Å²) in [5.74, 6) is 1.20. The summed E-state index contributed by atoms with van der Waals surface area (Å²) in [5, 5.41) is 22.8. The largest absolute Gasteiger partial charge is 0.394 e. The fourth-order valence-electron chi connectivity index (χ4n) is 4.22. The predicted molar refractivity (Wildman–Crippen MR) is 142 cm³/mol. The molecule has 0 bridgehead atoms. The van der Waals surface area contributed by atoms with E-state index in [0.717, 1.165) is 32.2 Å². The van der Waals surface area contributed by atoms with Crippen LogP contribution in [0.2, 0.25) is 0 Å². The molecule has 10 heteroatoms. The summed E-state index contributed by atoms with van der Waals surface area (Å²) >= 11 is 1.59. The van der Waals surface area contributed by atoms with Crippen molar-refractivity contribution in [2.24, 2.45) is 0 Å². The van der Waals surface area contributed by atoms with E-state index in [2.05, 4.69) is 26.3 Å². The highest BCUT2D eigenvalue weighted by Gasteiger charge is 2.25. The summed E-state index contributed by atoms with van der Waals surface area (Å²) in [6.07, 6.45) is 0.765. The molecule has 1 saturated heterocycles. The molecular weight excluding hydrogens is 476 g/mol. The van der Waals surface area contributed by atoms with Gasteiger partial charge >= 0.3 is 0 Å². The van der Waals surface area contributed by atoms with Crippen molar-refractivity contribution in [2.45, 2.75) is 13.0 Å². The molecule has 1 aliphatic rings. The fourth-order valence-corrected chi connectivity index (χ4v) is 5.10. The minimum atomic E-state index is -0.886. The van der Waals surface area contributed by atoms with Gasteiger partial charge in [0.1, 0.15) is 10.6 Å². The molecule has 1 aromatic carbocycles. The molecule has 36 heavy (non-hydrogen) atoms. The number of amides is 1. The number of nitrogens with one attached hydrogen (secondary N) is 1. The van der Waals surface area contributed by atoms with Crippen molar-refractivity contribution >= 4 is 39.2 Å². The zero-order chi connectivity index (χ0) is 25.1. The van der Waals surface area contributed by atoms with Gasteiger partial charge in [-0.1, -0.05) is 30.3 Å². The Labute approximate surface area is 213 Å². The highest BCUT2D eigenvalue weighted by molar-refractivity contribution is 7.18. The van der Waals surface area contributed by atoms with Crippen LogP contribution in [-0.4, -0.2) is 81.4 Å². The molecule has 0 saturated carbocycles. The van der Waals surface area contributed by atoms with Crippen LogP contribution in [-0.2, 0) is 0 Å². The smallest absolute Gasteiger partial charge is 0.255 e. The zero-order valence-corrected chi connectivity index (χ0v) is 20.8. The van der Waals surface area contributed by atoms with E-state index in [1.165, 1.54) is 0 Å². The number of hydrogen-bond acceptors (Lipinski definition) is 9. The third-order valence-electron chi connectivity index (χ3n) is 6.15. The van der Waals surface area contributed by atoms with E-state index in [-0.39, 0.29) is 19.1 Å². The van der Waals surface area contributed by atoms with Crippen LogP contribution in [0.4, 0.5) is 11.8 Å². The van der Waals surface area contributed by atoms with Crippen LogP contribution in [0.15, 0.2) is 54.7 Å². The number of fused-ring (bicyclic) bond motifs is 1. The maximum Gasteiger partial charge on any atom is 0.255 e. The summed E-state index contributed by atoms with van der Waals surface area (Å²) in [4.78, 5) is 32.9. The Bertz CT molecular complexity index is 1340. The number of nitrogens with zero attached hydrogens (tertiary/aromatic N) is 5. The Morgan fingerprint density at radius 2 is 1.89 bits per heavy atom. The van der Waals surface area contributed by atoms with Crippen LogP contribution < -0.4 is 10.2 Å². The van der Waals surface area contributed by atoms with Crippen molar-refractivity contribution in [2.75, 3.05) is 49.5 Å². The van der Waals surface area contributed by atoms with Crippen molar-refractivity contribution < 1.29 is 15.0 Å². The minimum absolute atomic E-state index is 0.0266. The molecule has 5 rings (SSSR count). The van der Waals surface area contributed by atoms with Crippen molar-refractivity contribution in [3.8, 4) is 11.3 Å². The Morgan fingerprint density at radius 3 is 2.58 bits per heavy atom. The lowest BCUT2D eigenvalue weighted by Crippen LogP contribution is -2.49. The number of hydrogen-bond donors (Lipinski definition) is 3. The Kier molecular flexibility index (Phi) is 7.08. The minimum Gasteiger partial charge on any atom is -0.394 e. The van der Waals surface area contributed by atoms with Crippen molar-refractivity contribution in [3.63, 3.8) is 0 Å². The molecule has 1 amide bonds. The van der Waals surface area contributed by atoms with Gasteiger partial charge in [-0.3, -0.25) is 9.78 Å². The summed E-state index contributed by atoms with van der Waals surface area (Å²) in [5.41, 5.74) is 2.44. The number of piperazine rings is 1. The van der Waals surface area contributed by atoms with Gasteiger partial charge in [0.15, 0.2) is 0 Å². The highest BCUT2D eigenvalue weighted by atomic mass is 32.1. The number of aliphatic hydroxyl groups excluding tert-OH is 2. The Balaban J connectivity index is 1.28. The molecule has 3 aromatic heterocycles. The van der Waals surface area contributed by atoms with Crippen LogP contribution in [0, 0.1) is 6.92 Å². The SMILES string of the molecule is Cc1cc2c(N3CCN(C(=O)c4ccc(-c5ccccc5)nc4)CC3)nc(NC[C@H](O)CO)nc2s1. The number of thiophene rings is 1. The van der Waals surface area contributed by atoms with Crippen LogP contribution in [0.5, 0.6) is 0 Å². The zero-order valence-electron chi connectivity index (χ0n) is 20.0. The van der Waals surface area contributed by atoms with Gasteiger partial charge < -0.3 is 25.3 Å². The number of aromatic nitrogens is 3. The van der Waals surface area contributed by atoms with Crippen LogP contribution in [0.1, 0.15) is 15.2 Å². The average molecular weight is 505 g/mol. The molecule has 0 aliphatic carbocycles. The van der Waals surface area contributed by atoms with Gasteiger partial charge in [-0.25, -0.2) is 4.98 Å². The van der Waals surface area contributed by atoms with Gasteiger partial charge in [-0.15, -0.1) is 11.3 Å². The summed E-state index contributed by atoms with van der Waals surface area (Å²) < 4.78 is 0. The van der Waals surface area contributed by atoms with E-state index in [1.807, 2.05) is 54.3 Å². The van der Waals surface area contributed by atoms with Gasteiger partial charge in [0, 0.05) is 49.4 Å². The highest BCUT2D eigenvalue weighted by Crippen LogP contribution is 2.32. The number of benzene rings is 1. The third kappa shape index (κ3) is 5.15. The Morgan fingerprint density at radius 1 is 1.11 bits per heavy atom. The first-order valence-electron chi connectivity index (χ1n) is 11.9. The number of carbonyl (C=O) groups is 1. The quantitative estimate of drug-likeness (QED) is 0.352. The first-order valence-corrected chi connectivity index (χ1v) is 12.7. The second-order valence-corrected chi connectivity index (χ2v) is 9.98. The first kappa shape index (κ1) is 24.1. The molecule has 3 N–H and O–H groups in total. The topological polar surface area (TPSA) is 115 Å². The summed E-state index contributed by atoms with van der Waals surface area (Å²) in [6, 6.07) is 15.7. The van der Waals surface area contributed by atoms with E-state index in [0.29, 0.717) is 37.7 Å². The molecule has 0 unspecified atom stereocenters. The van der Waals surface area contributed by atoms with Crippen molar-refractivity contribution in [1.82, 2.24) is 19.9 Å². The van der Waals surface area contributed by atoms with Crippen LogP contribution >= 0.6 is 11.3 Å².